The van der Waals surface area contributed by atoms with Gasteiger partial charge < -0.3 is 10.6 Å². The maximum Gasteiger partial charge on any atom is 0.257 e. The van der Waals surface area contributed by atoms with Gasteiger partial charge in [-0.2, -0.15) is 0 Å². The summed E-state index contributed by atoms with van der Waals surface area (Å²) in [5, 5.41) is 6.70. The maximum atomic E-state index is 12.8. The van der Waals surface area contributed by atoms with Crippen molar-refractivity contribution in [3.05, 3.63) is 89.4 Å². The molecule has 3 aromatic carbocycles. The van der Waals surface area contributed by atoms with Gasteiger partial charge in [0.15, 0.2) is 0 Å². The standard InChI is InChI=1S/C25H24N4O2S/c1-17(25-28-21-14-8-9-15-22(21)32-25)29(2)16-23(30)27-20-13-7-6-12-19(20)24(31)26-18-10-4-3-5-11-18/h3-15,17H,16H2,1-2H3,(H,26,31)(H,27,30). The molecule has 162 valence electrons. The van der Waals surface area contributed by atoms with Crippen LogP contribution < -0.4 is 10.6 Å². The van der Waals surface area contributed by atoms with Crippen LogP contribution in [0.4, 0.5) is 11.4 Å². The number of fused-ring (bicyclic) bond motifs is 1. The Balaban J connectivity index is 1.42. The molecule has 4 rings (SSSR count). The number of thiazole rings is 1. The van der Waals surface area contributed by atoms with Crippen molar-refractivity contribution in [2.75, 3.05) is 24.2 Å². The fourth-order valence-corrected chi connectivity index (χ4v) is 4.41. The predicted octanol–water partition coefficient (Wildman–Crippen LogP) is 5.18. The molecule has 1 atom stereocenters. The second kappa shape index (κ2) is 9.72. The second-order valence-corrected chi connectivity index (χ2v) is 8.59. The smallest absolute Gasteiger partial charge is 0.257 e. The minimum absolute atomic E-state index is 0.0187. The van der Waals surface area contributed by atoms with Crippen molar-refractivity contribution in [2.45, 2.75) is 13.0 Å². The van der Waals surface area contributed by atoms with Crippen LogP contribution in [0.3, 0.4) is 0 Å². The lowest BCUT2D eigenvalue weighted by Gasteiger charge is -2.22. The number of rotatable bonds is 7. The molecule has 1 aromatic heterocycles. The lowest BCUT2D eigenvalue weighted by atomic mass is 10.1. The molecule has 0 radical (unpaired) electrons. The van der Waals surface area contributed by atoms with Crippen molar-refractivity contribution < 1.29 is 9.59 Å². The molecule has 4 aromatic rings. The monoisotopic (exact) mass is 444 g/mol. The number of aromatic nitrogens is 1. The van der Waals surface area contributed by atoms with Crippen LogP contribution in [0.5, 0.6) is 0 Å². The molecule has 0 aliphatic heterocycles. The van der Waals surface area contributed by atoms with Gasteiger partial charge in [0.05, 0.1) is 34.1 Å². The van der Waals surface area contributed by atoms with Gasteiger partial charge >= 0.3 is 0 Å². The van der Waals surface area contributed by atoms with E-state index < -0.39 is 0 Å². The van der Waals surface area contributed by atoms with Crippen LogP contribution in [0.1, 0.15) is 28.3 Å². The Morgan fingerprint density at radius 1 is 0.938 bits per heavy atom. The normalized spacial score (nSPS) is 12.0. The number of para-hydroxylation sites is 3. The summed E-state index contributed by atoms with van der Waals surface area (Å²) in [7, 11) is 1.89. The number of anilines is 2. The van der Waals surface area contributed by atoms with Crippen molar-refractivity contribution in [3.8, 4) is 0 Å². The fraction of sp³-hybridized carbons (Fsp3) is 0.160. The van der Waals surface area contributed by atoms with Crippen molar-refractivity contribution in [1.29, 1.82) is 0 Å². The van der Waals surface area contributed by atoms with E-state index in [0.29, 0.717) is 16.9 Å². The summed E-state index contributed by atoms with van der Waals surface area (Å²) in [6.07, 6.45) is 0. The SMILES string of the molecule is CC(c1nc2ccccc2s1)N(C)CC(=O)Nc1ccccc1C(=O)Nc1ccccc1. The molecule has 2 amide bonds. The van der Waals surface area contributed by atoms with Gasteiger partial charge in [-0.3, -0.25) is 14.5 Å². The summed E-state index contributed by atoms with van der Waals surface area (Å²) < 4.78 is 1.13. The van der Waals surface area contributed by atoms with E-state index in [2.05, 4.69) is 10.6 Å². The number of carbonyl (C=O) groups excluding carboxylic acids is 2. The van der Waals surface area contributed by atoms with Crippen LogP contribution >= 0.6 is 11.3 Å². The predicted molar refractivity (Wildman–Crippen MR) is 130 cm³/mol. The Kier molecular flexibility index (Phi) is 6.58. The van der Waals surface area contributed by atoms with Gasteiger partial charge in [0.1, 0.15) is 5.01 Å². The van der Waals surface area contributed by atoms with Gasteiger partial charge in [0.2, 0.25) is 5.91 Å². The minimum atomic E-state index is -0.275. The Morgan fingerprint density at radius 3 is 2.41 bits per heavy atom. The molecule has 6 nitrogen and oxygen atoms in total. The number of carbonyl (C=O) groups is 2. The van der Waals surface area contributed by atoms with E-state index in [1.807, 2.05) is 73.5 Å². The fourth-order valence-electron chi connectivity index (χ4n) is 3.32. The van der Waals surface area contributed by atoms with E-state index in [9.17, 15) is 9.59 Å². The zero-order valence-corrected chi connectivity index (χ0v) is 18.7. The molecular formula is C25H24N4O2S. The molecule has 0 saturated heterocycles. The Bertz CT molecular complexity index is 1210. The molecule has 1 heterocycles. The third-order valence-corrected chi connectivity index (χ3v) is 6.41. The molecule has 0 aliphatic carbocycles. The van der Waals surface area contributed by atoms with Crippen LogP contribution in [-0.2, 0) is 4.79 Å². The average molecular weight is 445 g/mol. The third kappa shape index (κ3) is 5.01. The van der Waals surface area contributed by atoms with Crippen molar-refractivity contribution in [2.24, 2.45) is 0 Å². The quantitative estimate of drug-likeness (QED) is 0.412. The maximum absolute atomic E-state index is 12.8. The highest BCUT2D eigenvalue weighted by atomic mass is 32.1. The molecule has 2 N–H and O–H groups in total. The van der Waals surface area contributed by atoms with Crippen LogP contribution in [0.2, 0.25) is 0 Å². The molecule has 1 unspecified atom stereocenters. The van der Waals surface area contributed by atoms with Gasteiger partial charge in [0.25, 0.3) is 5.91 Å². The first kappa shape index (κ1) is 21.7. The summed E-state index contributed by atoms with van der Waals surface area (Å²) in [6, 6.07) is 24.2. The molecule has 0 bridgehead atoms. The molecule has 0 aliphatic rings. The number of benzene rings is 3. The summed E-state index contributed by atoms with van der Waals surface area (Å²) in [5.41, 5.74) is 2.55. The molecular weight excluding hydrogens is 420 g/mol. The first-order valence-corrected chi connectivity index (χ1v) is 11.1. The van der Waals surface area contributed by atoms with E-state index >= 15 is 0 Å². The number of hydrogen-bond donors (Lipinski definition) is 2. The first-order valence-electron chi connectivity index (χ1n) is 10.3. The minimum Gasteiger partial charge on any atom is -0.324 e. The van der Waals surface area contributed by atoms with E-state index in [-0.39, 0.29) is 24.4 Å². The van der Waals surface area contributed by atoms with E-state index in [4.69, 9.17) is 4.98 Å². The number of hydrogen-bond acceptors (Lipinski definition) is 5. The number of nitrogens with zero attached hydrogens (tertiary/aromatic N) is 2. The second-order valence-electron chi connectivity index (χ2n) is 7.52. The van der Waals surface area contributed by atoms with Gasteiger partial charge in [-0.05, 0) is 50.4 Å². The number of likely N-dealkylation sites (N-methyl/N-ethyl adjacent to an activating group) is 1. The third-order valence-electron chi connectivity index (χ3n) is 5.20. The molecule has 0 spiro atoms. The molecule has 7 heteroatoms. The van der Waals surface area contributed by atoms with Crippen LogP contribution in [0.15, 0.2) is 78.9 Å². The first-order chi connectivity index (χ1) is 15.5. The van der Waals surface area contributed by atoms with E-state index in [1.165, 1.54) is 0 Å². The lowest BCUT2D eigenvalue weighted by Crippen LogP contribution is -2.32. The van der Waals surface area contributed by atoms with Crippen LogP contribution in [0.25, 0.3) is 10.2 Å². The van der Waals surface area contributed by atoms with Crippen LogP contribution in [-0.4, -0.2) is 35.3 Å². The van der Waals surface area contributed by atoms with Crippen molar-refractivity contribution in [3.63, 3.8) is 0 Å². The Hall–Kier alpha value is -3.55. The van der Waals surface area contributed by atoms with Crippen molar-refractivity contribution in [1.82, 2.24) is 9.88 Å². The summed E-state index contributed by atoms with van der Waals surface area (Å²) in [5.74, 6) is -0.469. The number of nitrogens with one attached hydrogen (secondary N) is 2. The van der Waals surface area contributed by atoms with Crippen molar-refractivity contribution >= 4 is 44.7 Å². The zero-order chi connectivity index (χ0) is 22.5. The topological polar surface area (TPSA) is 74.3 Å². The summed E-state index contributed by atoms with van der Waals surface area (Å²) >= 11 is 1.63. The van der Waals surface area contributed by atoms with E-state index in [0.717, 1.165) is 15.2 Å². The van der Waals surface area contributed by atoms with E-state index in [1.54, 1.807) is 35.6 Å². The Morgan fingerprint density at radius 2 is 1.62 bits per heavy atom. The molecule has 0 saturated carbocycles. The van der Waals surface area contributed by atoms with Gasteiger partial charge in [-0.25, -0.2) is 4.98 Å². The average Bonchev–Trinajstić information content (AvgIpc) is 3.23. The van der Waals surface area contributed by atoms with Crippen LogP contribution in [0, 0.1) is 0 Å². The Labute approximate surface area is 190 Å². The van der Waals surface area contributed by atoms with Gasteiger partial charge in [-0.15, -0.1) is 11.3 Å². The highest BCUT2D eigenvalue weighted by Gasteiger charge is 2.20. The summed E-state index contributed by atoms with van der Waals surface area (Å²) in [6.45, 7) is 2.21. The molecule has 32 heavy (non-hydrogen) atoms. The molecule has 0 fully saturated rings. The highest BCUT2D eigenvalue weighted by Crippen LogP contribution is 2.28. The summed E-state index contributed by atoms with van der Waals surface area (Å²) in [4.78, 5) is 32.1. The van der Waals surface area contributed by atoms with Gasteiger partial charge in [-0.1, -0.05) is 42.5 Å². The lowest BCUT2D eigenvalue weighted by molar-refractivity contribution is -0.117. The number of amides is 2. The van der Waals surface area contributed by atoms with Gasteiger partial charge in [0, 0.05) is 5.69 Å². The largest absolute Gasteiger partial charge is 0.324 e. The zero-order valence-electron chi connectivity index (χ0n) is 17.9. The highest BCUT2D eigenvalue weighted by molar-refractivity contribution is 7.18.